The highest BCUT2D eigenvalue weighted by Crippen LogP contribution is 2.21. The van der Waals surface area contributed by atoms with Crippen LogP contribution in [0.25, 0.3) is 0 Å². The lowest BCUT2D eigenvalue weighted by molar-refractivity contribution is 0.312. The Morgan fingerprint density at radius 2 is 1.95 bits per heavy atom. The topological polar surface area (TPSA) is 15.3 Å². The summed E-state index contributed by atoms with van der Waals surface area (Å²) in [4.78, 5) is 2.48. The van der Waals surface area contributed by atoms with Crippen LogP contribution in [-0.2, 0) is 6.54 Å². The lowest BCUT2D eigenvalue weighted by Crippen LogP contribution is -2.30. The number of nitrogens with one attached hydrogen (secondary N) is 1. The molecule has 0 aliphatic carbocycles. The SMILES string of the molecule is Cc1cc(CN2CCC(CNC(C)C)C2)cc(C)c1F. The van der Waals surface area contributed by atoms with E-state index in [0.717, 1.165) is 43.2 Å². The zero-order valence-electron chi connectivity index (χ0n) is 13.2. The number of hydrogen-bond acceptors (Lipinski definition) is 2. The zero-order chi connectivity index (χ0) is 14.7. The predicted octanol–water partition coefficient (Wildman–Crippen LogP) is 3.26. The number of likely N-dealkylation sites (tertiary alicyclic amines) is 1. The van der Waals surface area contributed by atoms with Gasteiger partial charge in [0.05, 0.1) is 0 Å². The molecule has 1 saturated heterocycles. The van der Waals surface area contributed by atoms with Gasteiger partial charge in [-0.15, -0.1) is 0 Å². The summed E-state index contributed by atoms with van der Waals surface area (Å²) >= 11 is 0. The third-order valence-corrected chi connectivity index (χ3v) is 4.09. The van der Waals surface area contributed by atoms with Crippen LogP contribution in [0.1, 0.15) is 37.0 Å². The summed E-state index contributed by atoms with van der Waals surface area (Å²) in [6.07, 6.45) is 1.26. The van der Waals surface area contributed by atoms with Gasteiger partial charge in [0, 0.05) is 19.1 Å². The van der Waals surface area contributed by atoms with Gasteiger partial charge in [-0.05, 0) is 56.0 Å². The Morgan fingerprint density at radius 1 is 1.30 bits per heavy atom. The maximum Gasteiger partial charge on any atom is 0.129 e. The van der Waals surface area contributed by atoms with Crippen LogP contribution in [-0.4, -0.2) is 30.6 Å². The molecule has 20 heavy (non-hydrogen) atoms. The summed E-state index contributed by atoms with van der Waals surface area (Å²) in [5.41, 5.74) is 2.76. The van der Waals surface area contributed by atoms with Crippen molar-refractivity contribution in [3.8, 4) is 0 Å². The Labute approximate surface area is 122 Å². The molecular formula is C17H27FN2. The third kappa shape index (κ3) is 4.03. The molecule has 0 radical (unpaired) electrons. The summed E-state index contributed by atoms with van der Waals surface area (Å²) in [7, 11) is 0. The molecular weight excluding hydrogens is 251 g/mol. The largest absolute Gasteiger partial charge is 0.314 e. The number of nitrogens with zero attached hydrogens (tertiary/aromatic N) is 1. The van der Waals surface area contributed by atoms with E-state index < -0.39 is 0 Å². The van der Waals surface area contributed by atoms with Crippen molar-refractivity contribution in [2.24, 2.45) is 5.92 Å². The van der Waals surface area contributed by atoms with E-state index in [-0.39, 0.29) is 5.82 Å². The van der Waals surface area contributed by atoms with Crippen molar-refractivity contribution in [1.29, 1.82) is 0 Å². The van der Waals surface area contributed by atoms with Gasteiger partial charge in [0.1, 0.15) is 5.82 Å². The second kappa shape index (κ2) is 6.68. The number of hydrogen-bond donors (Lipinski definition) is 1. The Hall–Kier alpha value is -0.930. The Balaban J connectivity index is 1.89. The molecule has 1 unspecified atom stereocenters. The Morgan fingerprint density at radius 3 is 2.55 bits per heavy atom. The van der Waals surface area contributed by atoms with Crippen molar-refractivity contribution in [3.05, 3.63) is 34.6 Å². The normalized spacial score (nSPS) is 20.0. The molecule has 1 fully saturated rings. The quantitative estimate of drug-likeness (QED) is 0.889. The Bertz CT molecular complexity index is 433. The van der Waals surface area contributed by atoms with E-state index in [1.54, 1.807) is 0 Å². The molecule has 0 aromatic heterocycles. The number of aryl methyl sites for hydroxylation is 2. The lowest BCUT2D eigenvalue weighted by atomic mass is 10.1. The highest BCUT2D eigenvalue weighted by atomic mass is 19.1. The first kappa shape index (κ1) is 15.5. The van der Waals surface area contributed by atoms with E-state index in [1.165, 1.54) is 12.0 Å². The highest BCUT2D eigenvalue weighted by molar-refractivity contribution is 5.30. The Kier molecular flexibility index (Phi) is 5.17. The van der Waals surface area contributed by atoms with Crippen LogP contribution < -0.4 is 5.32 Å². The van der Waals surface area contributed by atoms with Crippen LogP contribution in [0.15, 0.2) is 12.1 Å². The van der Waals surface area contributed by atoms with Crippen LogP contribution in [0.4, 0.5) is 4.39 Å². The molecule has 3 heteroatoms. The molecule has 0 spiro atoms. The van der Waals surface area contributed by atoms with Gasteiger partial charge >= 0.3 is 0 Å². The van der Waals surface area contributed by atoms with Crippen molar-refractivity contribution < 1.29 is 4.39 Å². The first-order valence-corrected chi connectivity index (χ1v) is 7.67. The van der Waals surface area contributed by atoms with Crippen molar-refractivity contribution in [2.45, 2.75) is 46.7 Å². The summed E-state index contributed by atoms with van der Waals surface area (Å²) < 4.78 is 13.6. The first-order chi connectivity index (χ1) is 9.45. The number of rotatable bonds is 5. The van der Waals surface area contributed by atoms with Gasteiger partial charge in [-0.25, -0.2) is 4.39 Å². The summed E-state index contributed by atoms with van der Waals surface area (Å²) in [6, 6.07) is 4.54. The van der Waals surface area contributed by atoms with Crippen molar-refractivity contribution in [2.75, 3.05) is 19.6 Å². The lowest BCUT2D eigenvalue weighted by Gasteiger charge is -2.18. The van der Waals surface area contributed by atoms with Crippen molar-refractivity contribution in [3.63, 3.8) is 0 Å². The van der Waals surface area contributed by atoms with Crippen LogP contribution in [0, 0.1) is 25.6 Å². The van der Waals surface area contributed by atoms with E-state index in [0.29, 0.717) is 6.04 Å². The van der Waals surface area contributed by atoms with Gasteiger partial charge in [-0.1, -0.05) is 26.0 Å². The molecule has 1 atom stereocenters. The van der Waals surface area contributed by atoms with Crippen LogP contribution in [0.3, 0.4) is 0 Å². The predicted molar refractivity (Wildman–Crippen MR) is 82.4 cm³/mol. The van der Waals surface area contributed by atoms with Crippen LogP contribution >= 0.6 is 0 Å². The summed E-state index contributed by atoms with van der Waals surface area (Å²) in [6.45, 7) is 12.4. The zero-order valence-corrected chi connectivity index (χ0v) is 13.2. The van der Waals surface area contributed by atoms with Gasteiger partial charge in [-0.2, -0.15) is 0 Å². The maximum atomic E-state index is 13.6. The minimum Gasteiger partial charge on any atom is -0.314 e. The fraction of sp³-hybridized carbons (Fsp3) is 0.647. The summed E-state index contributed by atoms with van der Waals surface area (Å²) in [5.74, 6) is 0.689. The molecule has 1 aromatic rings. The molecule has 1 N–H and O–H groups in total. The molecule has 1 aliphatic heterocycles. The molecule has 0 bridgehead atoms. The highest BCUT2D eigenvalue weighted by Gasteiger charge is 2.22. The molecule has 2 nitrogen and oxygen atoms in total. The molecule has 2 rings (SSSR count). The maximum absolute atomic E-state index is 13.6. The fourth-order valence-electron chi connectivity index (χ4n) is 3.01. The molecule has 0 saturated carbocycles. The minimum atomic E-state index is -0.0609. The van der Waals surface area contributed by atoms with Gasteiger partial charge in [-0.3, -0.25) is 4.90 Å². The van der Waals surface area contributed by atoms with Gasteiger partial charge in [0.25, 0.3) is 0 Å². The third-order valence-electron chi connectivity index (χ3n) is 4.09. The van der Waals surface area contributed by atoms with E-state index in [4.69, 9.17) is 0 Å². The second-order valence-electron chi connectivity index (χ2n) is 6.50. The van der Waals surface area contributed by atoms with E-state index in [2.05, 4.69) is 24.1 Å². The molecule has 1 heterocycles. The average Bonchev–Trinajstić information content (AvgIpc) is 2.81. The standard InChI is InChI=1S/C17H27FN2/c1-12(2)19-9-15-5-6-20(10-15)11-16-7-13(3)17(18)14(4)8-16/h7-8,12,15,19H,5-6,9-11H2,1-4H3. The first-order valence-electron chi connectivity index (χ1n) is 7.67. The van der Waals surface area contributed by atoms with Crippen LogP contribution in [0.5, 0.6) is 0 Å². The van der Waals surface area contributed by atoms with Crippen LogP contribution in [0.2, 0.25) is 0 Å². The van der Waals surface area contributed by atoms with Gasteiger partial charge in [0.2, 0.25) is 0 Å². The molecule has 1 aliphatic rings. The minimum absolute atomic E-state index is 0.0609. The van der Waals surface area contributed by atoms with E-state index in [9.17, 15) is 4.39 Å². The molecule has 0 amide bonds. The molecule has 1 aromatic carbocycles. The monoisotopic (exact) mass is 278 g/mol. The molecule has 112 valence electrons. The van der Waals surface area contributed by atoms with Gasteiger partial charge < -0.3 is 5.32 Å². The van der Waals surface area contributed by atoms with E-state index in [1.807, 2.05) is 26.0 Å². The number of halogens is 1. The van der Waals surface area contributed by atoms with Gasteiger partial charge in [0.15, 0.2) is 0 Å². The summed E-state index contributed by atoms with van der Waals surface area (Å²) in [5, 5.41) is 3.52. The smallest absolute Gasteiger partial charge is 0.129 e. The van der Waals surface area contributed by atoms with Crippen molar-refractivity contribution >= 4 is 0 Å². The van der Waals surface area contributed by atoms with Crippen molar-refractivity contribution in [1.82, 2.24) is 10.2 Å². The average molecular weight is 278 g/mol. The van der Waals surface area contributed by atoms with E-state index >= 15 is 0 Å². The second-order valence-corrected chi connectivity index (χ2v) is 6.50. The number of benzene rings is 1. The fourth-order valence-corrected chi connectivity index (χ4v) is 3.01.